The zero-order chi connectivity index (χ0) is 22.0. The molecular weight excluding hydrogens is 427 g/mol. The summed E-state index contributed by atoms with van der Waals surface area (Å²) in [5.41, 5.74) is 0.329. The number of nitrogens with zero attached hydrogens (tertiary/aromatic N) is 4. The van der Waals surface area contributed by atoms with E-state index >= 15 is 0 Å². The van der Waals surface area contributed by atoms with Gasteiger partial charge in [-0.05, 0) is 44.1 Å². The van der Waals surface area contributed by atoms with Crippen molar-refractivity contribution in [2.75, 3.05) is 13.1 Å². The van der Waals surface area contributed by atoms with Crippen LogP contribution in [0.4, 0.5) is 4.39 Å². The fourth-order valence-electron chi connectivity index (χ4n) is 3.27. The fourth-order valence-corrected chi connectivity index (χ4v) is 4.34. The van der Waals surface area contributed by atoms with Gasteiger partial charge in [0.15, 0.2) is 5.65 Å². The third kappa shape index (κ3) is 4.35. The summed E-state index contributed by atoms with van der Waals surface area (Å²) in [4.78, 5) is 19.4. The van der Waals surface area contributed by atoms with Crippen LogP contribution in [-0.4, -0.2) is 53.3 Å². The predicted octanol–water partition coefficient (Wildman–Crippen LogP) is 1.30. The van der Waals surface area contributed by atoms with E-state index in [-0.39, 0.29) is 23.1 Å². The van der Waals surface area contributed by atoms with Gasteiger partial charge in [0.05, 0.1) is 11.1 Å². The number of amides is 1. The first-order chi connectivity index (χ1) is 14.9. The number of sulfonamides is 1. The van der Waals surface area contributed by atoms with Gasteiger partial charge in [0, 0.05) is 6.42 Å². The second kappa shape index (κ2) is 8.55. The molecule has 1 amide bonds. The zero-order valence-corrected chi connectivity index (χ0v) is 17.5. The van der Waals surface area contributed by atoms with Crippen LogP contribution in [0.2, 0.25) is 0 Å². The first-order valence-electron chi connectivity index (χ1n) is 9.80. The van der Waals surface area contributed by atoms with Crippen molar-refractivity contribution >= 4 is 27.0 Å². The van der Waals surface area contributed by atoms with Crippen molar-refractivity contribution in [3.8, 4) is 11.6 Å². The van der Waals surface area contributed by atoms with Gasteiger partial charge in [-0.25, -0.2) is 32.2 Å². The first kappa shape index (κ1) is 21.1. The van der Waals surface area contributed by atoms with E-state index in [0.29, 0.717) is 16.9 Å². The highest BCUT2D eigenvalue weighted by Gasteiger charge is 2.22. The summed E-state index contributed by atoms with van der Waals surface area (Å²) in [7, 11) is -4.17. The molecule has 1 aliphatic heterocycles. The van der Waals surface area contributed by atoms with Gasteiger partial charge in [-0.15, -0.1) is 0 Å². The minimum absolute atomic E-state index is 0.00212. The number of halogens is 1. The molecule has 2 N–H and O–H groups in total. The summed E-state index contributed by atoms with van der Waals surface area (Å²) in [5, 5.41) is 7.98. The molecule has 3 aromatic rings. The third-order valence-electron chi connectivity index (χ3n) is 4.92. The van der Waals surface area contributed by atoms with Gasteiger partial charge in [0.2, 0.25) is 11.8 Å². The lowest BCUT2D eigenvalue weighted by Crippen LogP contribution is -2.34. The zero-order valence-electron chi connectivity index (χ0n) is 16.7. The van der Waals surface area contributed by atoms with Crippen LogP contribution in [-0.2, 0) is 14.8 Å². The molecule has 1 fully saturated rings. The topological polar surface area (TPSA) is 128 Å². The van der Waals surface area contributed by atoms with Gasteiger partial charge >= 0.3 is 0 Å². The van der Waals surface area contributed by atoms with E-state index in [1.807, 2.05) is 4.72 Å². The van der Waals surface area contributed by atoms with Gasteiger partial charge in [-0.3, -0.25) is 4.79 Å². The third-order valence-corrected chi connectivity index (χ3v) is 6.29. The van der Waals surface area contributed by atoms with E-state index in [1.54, 1.807) is 0 Å². The normalized spacial score (nSPS) is 15.2. The molecule has 1 saturated heterocycles. The van der Waals surface area contributed by atoms with Crippen LogP contribution in [0.25, 0.3) is 16.7 Å². The number of fused-ring (bicyclic) bond motifs is 1. The monoisotopic (exact) mass is 448 g/mol. The van der Waals surface area contributed by atoms with Crippen molar-refractivity contribution in [3.63, 3.8) is 0 Å². The summed E-state index contributed by atoms with van der Waals surface area (Å²) < 4.78 is 48.5. The smallest absolute Gasteiger partial charge is 0.264 e. The number of hydrogen-bond donors (Lipinski definition) is 2. The van der Waals surface area contributed by atoms with E-state index in [9.17, 15) is 17.6 Å². The van der Waals surface area contributed by atoms with Crippen LogP contribution < -0.4 is 14.8 Å². The Morgan fingerprint density at radius 3 is 2.81 bits per heavy atom. The van der Waals surface area contributed by atoms with Crippen LogP contribution in [0.15, 0.2) is 35.6 Å². The van der Waals surface area contributed by atoms with Crippen molar-refractivity contribution in [3.05, 3.63) is 36.5 Å². The summed E-state index contributed by atoms with van der Waals surface area (Å²) in [5.74, 6) is -1.15. The van der Waals surface area contributed by atoms with E-state index in [4.69, 9.17) is 4.74 Å². The van der Waals surface area contributed by atoms with Crippen molar-refractivity contribution in [2.24, 2.45) is 0 Å². The quantitative estimate of drug-likeness (QED) is 0.578. The molecule has 12 heteroatoms. The standard InChI is InChI=1S/C19H21FN6O4S/c1-2-17(27)25-31(28,29)13-3-4-16(15(20)9-13)26-18-14(10-24-26)19(23-11-22-18)30-12-5-7-21-8-6-12/h3-4,9-12,21H,2,5-8H2,1H3,(H,25,27). The SMILES string of the molecule is CCC(=O)NS(=O)(=O)c1ccc(-n2ncc3c(OC4CCNCC4)ncnc32)c(F)c1. The fraction of sp³-hybridized carbons (Fsp3) is 0.368. The van der Waals surface area contributed by atoms with Gasteiger partial charge in [0.25, 0.3) is 10.0 Å². The lowest BCUT2D eigenvalue weighted by molar-refractivity contribution is -0.119. The van der Waals surface area contributed by atoms with E-state index in [1.165, 1.54) is 36.3 Å². The Hall–Kier alpha value is -3.12. The van der Waals surface area contributed by atoms with E-state index in [0.717, 1.165) is 32.0 Å². The maximum Gasteiger partial charge on any atom is 0.264 e. The van der Waals surface area contributed by atoms with Crippen LogP contribution >= 0.6 is 0 Å². The van der Waals surface area contributed by atoms with Crippen molar-refractivity contribution in [1.29, 1.82) is 0 Å². The Labute approximate surface area is 177 Å². The number of ether oxygens (including phenoxy) is 1. The molecule has 0 bridgehead atoms. The Balaban J connectivity index is 1.66. The summed E-state index contributed by atoms with van der Waals surface area (Å²) in [6.07, 6.45) is 4.49. The molecule has 31 heavy (non-hydrogen) atoms. The molecule has 1 aliphatic rings. The van der Waals surface area contributed by atoms with Crippen molar-refractivity contribution in [2.45, 2.75) is 37.2 Å². The minimum atomic E-state index is -4.17. The average Bonchev–Trinajstić information content (AvgIpc) is 3.19. The largest absolute Gasteiger partial charge is 0.474 e. The summed E-state index contributed by atoms with van der Waals surface area (Å²) >= 11 is 0. The number of rotatable bonds is 6. The Kier molecular flexibility index (Phi) is 5.83. The second-order valence-electron chi connectivity index (χ2n) is 7.04. The molecule has 0 unspecified atom stereocenters. The number of aromatic nitrogens is 4. The molecule has 4 rings (SSSR count). The molecule has 0 radical (unpaired) electrons. The first-order valence-corrected chi connectivity index (χ1v) is 11.3. The summed E-state index contributed by atoms with van der Waals surface area (Å²) in [6, 6.07) is 3.30. The highest BCUT2D eigenvalue weighted by Crippen LogP contribution is 2.27. The van der Waals surface area contributed by atoms with Crippen molar-refractivity contribution in [1.82, 2.24) is 29.8 Å². The molecule has 164 valence electrons. The molecule has 0 atom stereocenters. The molecule has 0 saturated carbocycles. The Bertz CT molecular complexity index is 1220. The molecule has 2 aromatic heterocycles. The van der Waals surface area contributed by atoms with E-state index in [2.05, 4.69) is 20.4 Å². The molecule has 0 aliphatic carbocycles. The number of nitrogens with one attached hydrogen (secondary N) is 2. The number of carbonyl (C=O) groups is 1. The van der Waals surface area contributed by atoms with Gasteiger partial charge in [-0.1, -0.05) is 6.92 Å². The second-order valence-corrected chi connectivity index (χ2v) is 8.72. The lowest BCUT2D eigenvalue weighted by atomic mass is 10.1. The van der Waals surface area contributed by atoms with Crippen molar-refractivity contribution < 1.29 is 22.3 Å². The van der Waals surface area contributed by atoms with Crippen LogP contribution in [0, 0.1) is 5.82 Å². The minimum Gasteiger partial charge on any atom is -0.474 e. The van der Waals surface area contributed by atoms with Gasteiger partial charge in [0.1, 0.15) is 29.3 Å². The maximum absolute atomic E-state index is 14.8. The number of hydrogen-bond acceptors (Lipinski definition) is 8. The number of carbonyl (C=O) groups excluding carboxylic acids is 1. The Morgan fingerprint density at radius 1 is 1.32 bits per heavy atom. The molecular formula is C19H21FN6O4S. The van der Waals surface area contributed by atoms with Crippen LogP contribution in [0.1, 0.15) is 26.2 Å². The molecule has 1 aromatic carbocycles. The highest BCUT2D eigenvalue weighted by atomic mass is 32.2. The van der Waals surface area contributed by atoms with Gasteiger partial charge < -0.3 is 10.1 Å². The number of benzene rings is 1. The van der Waals surface area contributed by atoms with Crippen LogP contribution in [0.5, 0.6) is 5.88 Å². The summed E-state index contributed by atoms with van der Waals surface area (Å²) in [6.45, 7) is 3.23. The average molecular weight is 448 g/mol. The molecule has 10 nitrogen and oxygen atoms in total. The van der Waals surface area contributed by atoms with Gasteiger partial charge in [-0.2, -0.15) is 5.10 Å². The molecule has 3 heterocycles. The maximum atomic E-state index is 14.8. The Morgan fingerprint density at radius 2 is 2.10 bits per heavy atom. The molecule has 0 spiro atoms. The predicted molar refractivity (Wildman–Crippen MR) is 109 cm³/mol. The lowest BCUT2D eigenvalue weighted by Gasteiger charge is -2.23. The number of piperidine rings is 1. The van der Waals surface area contributed by atoms with Crippen LogP contribution in [0.3, 0.4) is 0 Å². The highest BCUT2D eigenvalue weighted by molar-refractivity contribution is 7.90. The van der Waals surface area contributed by atoms with E-state index < -0.39 is 21.7 Å².